The third-order valence-corrected chi connectivity index (χ3v) is 6.03. The van der Waals surface area contributed by atoms with Gasteiger partial charge in [0.15, 0.2) is 0 Å². The summed E-state index contributed by atoms with van der Waals surface area (Å²) in [5.74, 6) is -0.0170. The summed E-state index contributed by atoms with van der Waals surface area (Å²) < 4.78 is 76.7. The molecule has 2 rings (SSSR count). The van der Waals surface area contributed by atoms with Gasteiger partial charge in [0.05, 0.1) is 0 Å². The molecule has 0 amide bonds. The van der Waals surface area contributed by atoms with Crippen molar-refractivity contribution in [3.05, 3.63) is 23.8 Å². The van der Waals surface area contributed by atoms with E-state index in [-0.39, 0.29) is 24.2 Å². The van der Waals surface area contributed by atoms with Crippen LogP contribution in [0.25, 0.3) is 0 Å². The molecule has 1 fully saturated rings. The van der Waals surface area contributed by atoms with Crippen LogP contribution in [0.5, 0.6) is 0 Å². The highest BCUT2D eigenvalue weighted by Crippen LogP contribution is 2.57. The molecule has 0 aromatic rings. The van der Waals surface area contributed by atoms with Gasteiger partial charge in [-0.2, -0.15) is 26.3 Å². The summed E-state index contributed by atoms with van der Waals surface area (Å²) >= 11 is 0. The fourth-order valence-corrected chi connectivity index (χ4v) is 4.55. The van der Waals surface area contributed by atoms with Crippen LogP contribution in [0, 0.1) is 16.7 Å². The molecule has 27 heavy (non-hydrogen) atoms. The predicted octanol–water partition coefficient (Wildman–Crippen LogP) is 5.52. The number of ketones is 1. The van der Waals surface area contributed by atoms with E-state index >= 15 is 0 Å². The largest absolute Gasteiger partial charge is 0.429 e. The number of rotatable bonds is 4. The average Bonchev–Trinajstić information content (AvgIpc) is 2.84. The summed E-state index contributed by atoms with van der Waals surface area (Å²) in [6.07, 6.45) is -6.89. The number of Topliss-reactive ketones (excluding diaryl/α,β-unsaturated/α-hetero) is 1. The van der Waals surface area contributed by atoms with Crippen LogP contribution in [-0.2, 0) is 4.79 Å². The molecule has 2 atom stereocenters. The summed E-state index contributed by atoms with van der Waals surface area (Å²) in [6.45, 7) is 5.41. The number of aliphatic hydroxyl groups is 1. The van der Waals surface area contributed by atoms with E-state index in [1.165, 1.54) is 0 Å². The summed E-state index contributed by atoms with van der Waals surface area (Å²) in [5, 5.41) is 9.22. The Balaban J connectivity index is 2.24. The monoisotopic (exact) mass is 398 g/mol. The summed E-state index contributed by atoms with van der Waals surface area (Å²) in [7, 11) is 0. The van der Waals surface area contributed by atoms with Gasteiger partial charge in [-0.05, 0) is 42.6 Å². The zero-order valence-electron chi connectivity index (χ0n) is 15.5. The van der Waals surface area contributed by atoms with Crippen LogP contribution < -0.4 is 0 Å². The van der Waals surface area contributed by atoms with E-state index in [0.29, 0.717) is 12.8 Å². The van der Waals surface area contributed by atoms with Crippen LogP contribution in [0.2, 0.25) is 0 Å². The van der Waals surface area contributed by atoms with E-state index in [4.69, 9.17) is 0 Å². The minimum Gasteiger partial charge on any atom is -0.370 e. The molecule has 2 aliphatic rings. The van der Waals surface area contributed by atoms with Gasteiger partial charge in [-0.15, -0.1) is 0 Å². The summed E-state index contributed by atoms with van der Waals surface area (Å²) in [4.78, 5) is 12.2. The molecule has 2 nitrogen and oxygen atoms in total. The van der Waals surface area contributed by atoms with Crippen LogP contribution in [-0.4, -0.2) is 28.8 Å². The Bertz CT molecular complexity index is 642. The third kappa shape index (κ3) is 3.69. The molecule has 0 spiro atoms. The normalized spacial score (nSPS) is 27.9. The van der Waals surface area contributed by atoms with Crippen molar-refractivity contribution in [2.45, 2.75) is 70.8 Å². The van der Waals surface area contributed by atoms with E-state index in [9.17, 15) is 36.2 Å². The molecule has 8 heteroatoms. The number of carbonyl (C=O) groups excluding carboxylic acids is 1. The van der Waals surface area contributed by atoms with E-state index in [1.54, 1.807) is 13.8 Å². The van der Waals surface area contributed by atoms with Crippen molar-refractivity contribution in [1.29, 1.82) is 0 Å². The lowest BCUT2D eigenvalue weighted by molar-refractivity contribution is -0.347. The Labute approximate surface area is 154 Å². The van der Waals surface area contributed by atoms with Gasteiger partial charge in [0.25, 0.3) is 5.60 Å². The van der Waals surface area contributed by atoms with Gasteiger partial charge < -0.3 is 5.11 Å². The molecule has 154 valence electrons. The highest BCUT2D eigenvalue weighted by Gasteiger charge is 2.69. The molecule has 1 saturated carbocycles. The number of allylic oxidation sites excluding steroid dienone is 3. The van der Waals surface area contributed by atoms with Crippen molar-refractivity contribution in [1.82, 2.24) is 0 Å². The van der Waals surface area contributed by atoms with Gasteiger partial charge in [0.1, 0.15) is 5.78 Å². The molecule has 0 bridgehead atoms. The maximum atomic E-state index is 12.8. The van der Waals surface area contributed by atoms with Gasteiger partial charge in [0, 0.05) is 12.3 Å². The lowest BCUT2D eigenvalue weighted by atomic mass is 9.60. The molecule has 0 saturated heterocycles. The van der Waals surface area contributed by atoms with Crippen LogP contribution in [0.1, 0.15) is 52.9 Å². The first-order valence-electron chi connectivity index (χ1n) is 8.84. The summed E-state index contributed by atoms with van der Waals surface area (Å²) in [5.41, 5.74) is -5.15. The lowest BCUT2D eigenvalue weighted by Gasteiger charge is -2.43. The van der Waals surface area contributed by atoms with Crippen molar-refractivity contribution in [3.63, 3.8) is 0 Å². The number of halogens is 6. The second kappa shape index (κ2) is 6.64. The highest BCUT2D eigenvalue weighted by atomic mass is 19.4. The predicted molar refractivity (Wildman–Crippen MR) is 87.8 cm³/mol. The van der Waals surface area contributed by atoms with Crippen molar-refractivity contribution in [2.24, 2.45) is 16.7 Å². The van der Waals surface area contributed by atoms with Gasteiger partial charge in [-0.1, -0.05) is 38.5 Å². The van der Waals surface area contributed by atoms with E-state index in [1.807, 2.05) is 13.0 Å². The lowest BCUT2D eigenvalue weighted by Crippen LogP contribution is -2.55. The van der Waals surface area contributed by atoms with Crippen LogP contribution >= 0.6 is 0 Å². The van der Waals surface area contributed by atoms with Gasteiger partial charge in [0.2, 0.25) is 0 Å². The van der Waals surface area contributed by atoms with Crippen LogP contribution in [0.4, 0.5) is 26.3 Å². The molecule has 0 radical (unpaired) electrons. The Morgan fingerprint density at radius 2 is 1.74 bits per heavy atom. The van der Waals surface area contributed by atoms with Crippen molar-refractivity contribution in [2.75, 3.05) is 0 Å². The number of hydrogen-bond acceptors (Lipinski definition) is 2. The number of alkyl halides is 6. The van der Waals surface area contributed by atoms with Crippen LogP contribution in [0.15, 0.2) is 23.8 Å². The fourth-order valence-electron chi connectivity index (χ4n) is 4.55. The molecule has 1 N–H and O–H groups in total. The van der Waals surface area contributed by atoms with Crippen molar-refractivity contribution in [3.8, 4) is 0 Å². The van der Waals surface area contributed by atoms with E-state index in [0.717, 1.165) is 24.5 Å². The SMILES string of the molecule is CC(C)(C/C=C\C(O)(C(F)(F)F)C(F)(F)F)C1=CC[C@H]2C(=O)CCC[C@]12C. The highest BCUT2D eigenvalue weighted by molar-refractivity contribution is 5.84. The standard InChI is InChI=1S/C19H24F6O2/c1-15(2,9-5-11-17(27,18(20,21)22)19(23,24)25)14-8-7-12-13(26)6-4-10-16(12,14)3/h5,8,11-12,27H,4,6-7,9-10H2,1-3H3/b11-5-/t12-,16-/m0/s1. The summed E-state index contributed by atoms with van der Waals surface area (Å²) in [6, 6.07) is 0. The van der Waals surface area contributed by atoms with Gasteiger partial charge in [-0.25, -0.2) is 0 Å². The second-order valence-electron chi connectivity index (χ2n) is 8.40. The zero-order valence-corrected chi connectivity index (χ0v) is 15.5. The fraction of sp³-hybridized carbons (Fsp3) is 0.737. The topological polar surface area (TPSA) is 37.3 Å². The molecule has 0 aromatic carbocycles. The Kier molecular flexibility index (Phi) is 5.40. The van der Waals surface area contributed by atoms with Gasteiger partial charge >= 0.3 is 12.4 Å². The first-order valence-corrected chi connectivity index (χ1v) is 8.84. The minimum atomic E-state index is -5.87. The Morgan fingerprint density at radius 3 is 2.26 bits per heavy atom. The smallest absolute Gasteiger partial charge is 0.370 e. The average molecular weight is 398 g/mol. The van der Waals surface area contributed by atoms with E-state index in [2.05, 4.69) is 0 Å². The molecule has 2 aliphatic carbocycles. The molecule has 0 heterocycles. The van der Waals surface area contributed by atoms with Crippen molar-refractivity contribution < 1.29 is 36.2 Å². The number of fused-ring (bicyclic) bond motifs is 1. The Hall–Kier alpha value is -1.31. The number of carbonyl (C=O) groups is 1. The maximum Gasteiger partial charge on any atom is 0.429 e. The molecule has 0 aliphatic heterocycles. The minimum absolute atomic E-state index is 0.121. The number of hydrogen-bond donors (Lipinski definition) is 1. The first kappa shape index (κ1) is 22.0. The van der Waals surface area contributed by atoms with E-state index < -0.39 is 28.8 Å². The zero-order chi connectivity index (χ0) is 20.9. The van der Waals surface area contributed by atoms with Crippen LogP contribution in [0.3, 0.4) is 0 Å². The quantitative estimate of drug-likeness (QED) is 0.500. The van der Waals surface area contributed by atoms with Crippen molar-refractivity contribution >= 4 is 5.78 Å². The molecule has 0 unspecified atom stereocenters. The second-order valence-corrected chi connectivity index (χ2v) is 8.40. The first-order chi connectivity index (χ1) is 12.1. The molecular weight excluding hydrogens is 374 g/mol. The van der Waals surface area contributed by atoms with Gasteiger partial charge in [-0.3, -0.25) is 4.79 Å². The Morgan fingerprint density at radius 1 is 1.19 bits per heavy atom. The third-order valence-electron chi connectivity index (χ3n) is 6.03. The molecular formula is C19H24F6O2. The maximum absolute atomic E-state index is 12.8. The molecule has 0 aromatic heterocycles.